The molecule has 23 heavy (non-hydrogen) atoms. The van der Waals surface area contributed by atoms with Crippen LogP contribution in [0.3, 0.4) is 0 Å². The fraction of sp³-hybridized carbons (Fsp3) is 0.286. The Bertz CT molecular complexity index is 680. The number of nitrogens with two attached hydrogens (primary N) is 1. The lowest BCUT2D eigenvalue weighted by atomic mass is 10.1. The maximum atomic E-state index is 11.6. The summed E-state index contributed by atoms with van der Waals surface area (Å²) in [7, 11) is 0. The van der Waals surface area contributed by atoms with Crippen molar-refractivity contribution >= 4 is 51.5 Å². The number of rotatable bonds is 5. The molecule has 1 heterocycles. The van der Waals surface area contributed by atoms with E-state index in [2.05, 4.69) is 15.4 Å². The van der Waals surface area contributed by atoms with E-state index in [1.165, 1.54) is 11.3 Å². The van der Waals surface area contributed by atoms with Crippen molar-refractivity contribution in [2.45, 2.75) is 20.8 Å². The Morgan fingerprint density at radius 3 is 2.52 bits per heavy atom. The van der Waals surface area contributed by atoms with Gasteiger partial charge in [0, 0.05) is 17.0 Å². The van der Waals surface area contributed by atoms with E-state index in [-0.39, 0.29) is 11.7 Å². The average Bonchev–Trinajstić information content (AvgIpc) is 2.71. The number of carbonyl (C=O) groups is 3. The molecule has 1 aromatic rings. The van der Waals surface area contributed by atoms with Crippen LogP contribution in [0.1, 0.15) is 27.7 Å². The predicted octanol–water partition coefficient (Wildman–Crippen LogP) is 1.40. The van der Waals surface area contributed by atoms with Gasteiger partial charge in [-0.2, -0.15) is 0 Å². The van der Waals surface area contributed by atoms with Gasteiger partial charge >= 0.3 is 5.97 Å². The number of thiophene rings is 1. The van der Waals surface area contributed by atoms with Crippen molar-refractivity contribution in [3.05, 3.63) is 28.2 Å². The van der Waals surface area contributed by atoms with Crippen molar-refractivity contribution in [3.63, 3.8) is 0 Å². The van der Waals surface area contributed by atoms with Crippen LogP contribution in [0, 0.1) is 13.8 Å². The molecule has 9 heteroatoms. The van der Waals surface area contributed by atoms with Crippen LogP contribution in [-0.2, 0) is 14.3 Å². The summed E-state index contributed by atoms with van der Waals surface area (Å²) >= 11 is 6.31. The number of anilines is 1. The predicted molar refractivity (Wildman–Crippen MR) is 92.4 cm³/mol. The summed E-state index contributed by atoms with van der Waals surface area (Å²) in [5.41, 5.74) is 6.45. The first kappa shape index (κ1) is 18.8. The van der Waals surface area contributed by atoms with Crippen LogP contribution in [0.2, 0.25) is 0 Å². The molecule has 7 nitrogen and oxygen atoms in total. The summed E-state index contributed by atoms with van der Waals surface area (Å²) in [6.07, 6.45) is 2.00. The molecule has 0 unspecified atom stereocenters. The topological polar surface area (TPSA) is 111 Å². The van der Waals surface area contributed by atoms with E-state index >= 15 is 0 Å². The van der Waals surface area contributed by atoms with Crippen LogP contribution in [0.5, 0.6) is 0 Å². The summed E-state index contributed by atoms with van der Waals surface area (Å²) in [4.78, 5) is 35.1. The van der Waals surface area contributed by atoms with Crippen LogP contribution < -0.4 is 16.4 Å². The average molecular weight is 355 g/mol. The molecule has 2 amide bonds. The van der Waals surface area contributed by atoms with E-state index in [0.717, 1.165) is 22.6 Å². The first-order valence-electron chi connectivity index (χ1n) is 6.62. The van der Waals surface area contributed by atoms with Crippen molar-refractivity contribution in [1.29, 1.82) is 0 Å². The van der Waals surface area contributed by atoms with E-state index in [0.29, 0.717) is 10.6 Å². The molecule has 0 atom stereocenters. The number of thiocarbonyl (C=S) groups is 1. The highest BCUT2D eigenvalue weighted by Crippen LogP contribution is 2.31. The van der Waals surface area contributed by atoms with Crippen LogP contribution in [0.15, 0.2) is 12.2 Å². The largest absolute Gasteiger partial charge is 0.463 e. The minimum absolute atomic E-state index is 0.00717. The van der Waals surface area contributed by atoms with Crippen LogP contribution in [0.25, 0.3) is 0 Å². The number of nitrogens with one attached hydrogen (secondary N) is 2. The van der Waals surface area contributed by atoms with Crippen molar-refractivity contribution in [3.8, 4) is 0 Å². The van der Waals surface area contributed by atoms with Gasteiger partial charge in [-0.15, -0.1) is 11.3 Å². The molecule has 0 aliphatic rings. The lowest BCUT2D eigenvalue weighted by Gasteiger charge is -2.07. The number of hydrogen-bond acceptors (Lipinski definition) is 6. The van der Waals surface area contributed by atoms with E-state index in [1.807, 2.05) is 6.92 Å². The summed E-state index contributed by atoms with van der Waals surface area (Å²) in [5, 5.41) is 5.58. The van der Waals surface area contributed by atoms with E-state index in [9.17, 15) is 14.4 Å². The standard InChI is InChI=1S/C14H17N3O4S2/c1-4-21-10(19)6-5-9(18)16-14(22)17-13-11(12(15)20)7(2)8(3)23-13/h5-6H,4H2,1-3H3,(H2,15,20)(H2,16,17,18,22). The molecule has 124 valence electrons. The number of amides is 2. The summed E-state index contributed by atoms with van der Waals surface area (Å²) in [6, 6.07) is 0. The fourth-order valence-corrected chi connectivity index (χ4v) is 2.97. The van der Waals surface area contributed by atoms with E-state index in [1.54, 1.807) is 13.8 Å². The van der Waals surface area contributed by atoms with Gasteiger partial charge in [0.25, 0.3) is 5.91 Å². The minimum atomic E-state index is -0.623. The van der Waals surface area contributed by atoms with Gasteiger partial charge in [0.2, 0.25) is 5.91 Å². The van der Waals surface area contributed by atoms with E-state index in [4.69, 9.17) is 18.0 Å². The van der Waals surface area contributed by atoms with Crippen LogP contribution in [0.4, 0.5) is 5.00 Å². The molecule has 0 saturated carbocycles. The van der Waals surface area contributed by atoms with Crippen molar-refractivity contribution in [2.24, 2.45) is 5.73 Å². The lowest BCUT2D eigenvalue weighted by molar-refractivity contribution is -0.137. The number of hydrogen-bond donors (Lipinski definition) is 3. The zero-order chi connectivity index (χ0) is 17.6. The fourth-order valence-electron chi connectivity index (χ4n) is 1.63. The molecule has 0 aliphatic carbocycles. The highest BCUT2D eigenvalue weighted by Gasteiger charge is 2.18. The number of esters is 1. The van der Waals surface area contributed by atoms with Gasteiger partial charge in [-0.3, -0.25) is 14.9 Å². The molecule has 0 radical (unpaired) electrons. The second-order valence-electron chi connectivity index (χ2n) is 4.38. The van der Waals surface area contributed by atoms with Gasteiger partial charge < -0.3 is 15.8 Å². The third-order valence-electron chi connectivity index (χ3n) is 2.75. The molecule has 0 fully saturated rings. The monoisotopic (exact) mass is 355 g/mol. The van der Waals surface area contributed by atoms with Crippen LogP contribution >= 0.6 is 23.6 Å². The molecule has 1 aromatic heterocycles. The quantitative estimate of drug-likeness (QED) is 0.418. The third kappa shape index (κ3) is 5.46. The number of ether oxygens (including phenoxy) is 1. The molecule has 1 rings (SSSR count). The van der Waals surface area contributed by atoms with Crippen LogP contribution in [-0.4, -0.2) is 29.5 Å². The Balaban J connectivity index is 2.71. The van der Waals surface area contributed by atoms with Gasteiger partial charge in [0.05, 0.1) is 12.2 Å². The smallest absolute Gasteiger partial charge is 0.330 e. The lowest BCUT2D eigenvalue weighted by Crippen LogP contribution is -2.33. The molecule has 0 bridgehead atoms. The normalized spacial score (nSPS) is 10.4. The molecule has 4 N–H and O–H groups in total. The molecular weight excluding hydrogens is 338 g/mol. The first-order valence-corrected chi connectivity index (χ1v) is 7.85. The zero-order valence-electron chi connectivity index (χ0n) is 12.9. The van der Waals surface area contributed by atoms with Gasteiger partial charge in [0.15, 0.2) is 5.11 Å². The van der Waals surface area contributed by atoms with Gasteiger partial charge in [-0.05, 0) is 38.6 Å². The molecular formula is C14H17N3O4S2. The Hall–Kier alpha value is -2.26. The molecule has 0 saturated heterocycles. The van der Waals surface area contributed by atoms with Crippen molar-refractivity contribution in [2.75, 3.05) is 11.9 Å². The number of primary amides is 1. The summed E-state index contributed by atoms with van der Waals surface area (Å²) in [5.74, 6) is -1.80. The molecule has 0 spiro atoms. The Labute approximate surface area is 142 Å². The second-order valence-corrected chi connectivity index (χ2v) is 6.01. The van der Waals surface area contributed by atoms with E-state index < -0.39 is 17.8 Å². The summed E-state index contributed by atoms with van der Waals surface area (Å²) < 4.78 is 4.65. The SMILES string of the molecule is CCOC(=O)C=CC(=O)NC(=S)Nc1sc(C)c(C)c1C(N)=O. The second kappa shape index (κ2) is 8.39. The zero-order valence-corrected chi connectivity index (χ0v) is 14.5. The van der Waals surface area contributed by atoms with Gasteiger partial charge in [0.1, 0.15) is 5.00 Å². The minimum Gasteiger partial charge on any atom is -0.463 e. The summed E-state index contributed by atoms with van der Waals surface area (Å²) in [6.45, 7) is 5.51. The number of aryl methyl sites for hydroxylation is 1. The number of carbonyl (C=O) groups excluding carboxylic acids is 3. The Kier molecular flexibility index (Phi) is 6.86. The van der Waals surface area contributed by atoms with Crippen molar-refractivity contribution < 1.29 is 19.1 Å². The van der Waals surface area contributed by atoms with Crippen molar-refractivity contribution in [1.82, 2.24) is 5.32 Å². The van der Waals surface area contributed by atoms with Gasteiger partial charge in [-0.25, -0.2) is 4.79 Å². The third-order valence-corrected chi connectivity index (χ3v) is 4.08. The van der Waals surface area contributed by atoms with Gasteiger partial charge in [-0.1, -0.05) is 0 Å². The Morgan fingerprint density at radius 2 is 1.96 bits per heavy atom. The molecule has 0 aliphatic heterocycles. The highest BCUT2D eigenvalue weighted by molar-refractivity contribution is 7.80. The highest BCUT2D eigenvalue weighted by atomic mass is 32.1. The first-order chi connectivity index (χ1) is 10.8. The maximum Gasteiger partial charge on any atom is 0.330 e. The maximum absolute atomic E-state index is 11.6. The Morgan fingerprint density at radius 1 is 1.30 bits per heavy atom. The molecule has 0 aromatic carbocycles.